The van der Waals surface area contributed by atoms with Crippen LogP contribution < -0.4 is 0 Å². The minimum Gasteiger partial charge on any atom is -0.341 e. The third-order valence-electron chi connectivity index (χ3n) is 3.40. The van der Waals surface area contributed by atoms with Gasteiger partial charge in [-0.25, -0.2) is 9.98 Å². The molecule has 0 amide bonds. The maximum absolute atomic E-state index is 9.72. The van der Waals surface area contributed by atoms with Crippen LogP contribution in [-0.2, 0) is 0 Å². The van der Waals surface area contributed by atoms with Crippen LogP contribution in [0.25, 0.3) is 11.0 Å². The van der Waals surface area contributed by atoms with Crippen molar-refractivity contribution in [2.75, 3.05) is 5.75 Å². The number of hydrogen-bond donors (Lipinski definition) is 1. The molecule has 0 saturated carbocycles. The molecule has 2 aromatic carbocycles. The molecule has 0 aliphatic heterocycles. The number of aliphatic imine (C=N–C) groups is 1. The summed E-state index contributed by atoms with van der Waals surface area (Å²) in [5.74, 6) is 0.761. The molecule has 0 aliphatic rings. The van der Waals surface area contributed by atoms with E-state index in [1.54, 1.807) is 6.08 Å². The van der Waals surface area contributed by atoms with E-state index < -0.39 is 5.92 Å². The van der Waals surface area contributed by atoms with Crippen molar-refractivity contribution in [3.63, 3.8) is 0 Å². The molecule has 1 atom stereocenters. The van der Waals surface area contributed by atoms with Gasteiger partial charge in [0.2, 0.25) is 0 Å². The zero-order chi connectivity index (χ0) is 16.8. The van der Waals surface area contributed by atoms with Crippen molar-refractivity contribution in [3.8, 4) is 6.07 Å². The molecular formula is C19H16N4S. The molecule has 1 unspecified atom stereocenters. The number of fused-ring (bicyclic) bond motifs is 1. The maximum Gasteiger partial charge on any atom is 0.152 e. The summed E-state index contributed by atoms with van der Waals surface area (Å²) in [4.78, 5) is 12.5. The quantitative estimate of drug-likeness (QED) is 0.414. The van der Waals surface area contributed by atoms with E-state index in [-0.39, 0.29) is 0 Å². The van der Waals surface area contributed by atoms with Crippen LogP contribution in [0.1, 0.15) is 11.7 Å². The number of nitrogens with one attached hydrogen (secondary N) is 1. The topological polar surface area (TPSA) is 64.8 Å². The van der Waals surface area contributed by atoms with Crippen LogP contribution in [0.15, 0.2) is 72.2 Å². The van der Waals surface area contributed by atoms with Gasteiger partial charge < -0.3 is 4.98 Å². The highest BCUT2D eigenvalue weighted by atomic mass is 32.2. The third-order valence-corrected chi connectivity index (χ3v) is 4.43. The van der Waals surface area contributed by atoms with Gasteiger partial charge in [-0.1, -0.05) is 36.4 Å². The highest BCUT2D eigenvalue weighted by molar-refractivity contribution is 8.14. The molecule has 24 heavy (non-hydrogen) atoms. The Morgan fingerprint density at radius 3 is 2.71 bits per heavy atom. The van der Waals surface area contributed by atoms with Gasteiger partial charge in [0.1, 0.15) is 5.82 Å². The monoisotopic (exact) mass is 332 g/mol. The number of aromatic nitrogens is 2. The van der Waals surface area contributed by atoms with Gasteiger partial charge in [0.05, 0.1) is 27.8 Å². The number of para-hydroxylation sites is 3. The van der Waals surface area contributed by atoms with E-state index in [0.29, 0.717) is 16.6 Å². The molecule has 0 saturated heterocycles. The van der Waals surface area contributed by atoms with Crippen molar-refractivity contribution < 1.29 is 0 Å². The van der Waals surface area contributed by atoms with Crippen LogP contribution >= 0.6 is 11.8 Å². The lowest BCUT2D eigenvalue weighted by Gasteiger charge is -2.09. The summed E-state index contributed by atoms with van der Waals surface area (Å²) >= 11 is 1.50. The summed E-state index contributed by atoms with van der Waals surface area (Å²) in [5, 5.41) is 10.4. The largest absolute Gasteiger partial charge is 0.341 e. The summed E-state index contributed by atoms with van der Waals surface area (Å²) in [5.41, 5.74) is 2.58. The minimum absolute atomic E-state index is 0.539. The molecular weight excluding hydrogens is 316 g/mol. The van der Waals surface area contributed by atoms with Gasteiger partial charge in [-0.2, -0.15) is 5.26 Å². The molecule has 3 rings (SSSR count). The molecule has 3 aromatic rings. The smallest absolute Gasteiger partial charge is 0.152 e. The Hall–Kier alpha value is -2.84. The number of rotatable bonds is 5. The number of thioether (sulfide) groups is 1. The van der Waals surface area contributed by atoms with Crippen LogP contribution in [0.5, 0.6) is 0 Å². The lowest BCUT2D eigenvalue weighted by atomic mass is 10.2. The normalized spacial score (nSPS) is 12.7. The second-order valence-corrected chi connectivity index (χ2v) is 6.13. The number of benzene rings is 2. The fourth-order valence-corrected chi connectivity index (χ4v) is 3.09. The average molecular weight is 332 g/mol. The van der Waals surface area contributed by atoms with Gasteiger partial charge in [-0.15, -0.1) is 18.3 Å². The van der Waals surface area contributed by atoms with Gasteiger partial charge in [0, 0.05) is 5.75 Å². The van der Waals surface area contributed by atoms with E-state index in [9.17, 15) is 5.26 Å². The summed E-state index contributed by atoms with van der Waals surface area (Å²) < 4.78 is 0. The first kappa shape index (κ1) is 16.0. The van der Waals surface area contributed by atoms with Crippen molar-refractivity contribution in [2.45, 2.75) is 5.92 Å². The van der Waals surface area contributed by atoms with Crippen molar-refractivity contribution in [1.29, 1.82) is 5.26 Å². The molecule has 1 aromatic heterocycles. The molecule has 1 heterocycles. The standard InChI is InChI=1S/C19H16N4S/c1-2-12-24-19(21-14-8-4-3-5-9-14)15(13-20)18-22-16-10-6-7-11-17(16)23-18/h2-11,15H,1,12H2,(H,22,23). The Morgan fingerprint density at radius 1 is 1.25 bits per heavy atom. The highest BCUT2D eigenvalue weighted by Gasteiger charge is 2.22. The van der Waals surface area contributed by atoms with Crippen molar-refractivity contribution >= 4 is 33.5 Å². The Bertz CT molecular complexity index is 873. The fourth-order valence-electron chi connectivity index (χ4n) is 2.30. The lowest BCUT2D eigenvalue weighted by molar-refractivity contribution is 1.02. The lowest BCUT2D eigenvalue weighted by Crippen LogP contribution is -2.09. The predicted octanol–water partition coefficient (Wildman–Crippen LogP) is 4.82. The zero-order valence-corrected chi connectivity index (χ0v) is 13.8. The second-order valence-electron chi connectivity index (χ2n) is 5.09. The van der Waals surface area contributed by atoms with Gasteiger partial charge in [0.15, 0.2) is 5.92 Å². The SMILES string of the molecule is C=CCSC(=Nc1ccccc1)C(C#N)c1nc2ccccc2[nH]1. The van der Waals surface area contributed by atoms with E-state index in [1.165, 1.54) is 11.8 Å². The van der Waals surface area contributed by atoms with Gasteiger partial charge in [-0.05, 0) is 24.3 Å². The minimum atomic E-state index is -0.539. The van der Waals surface area contributed by atoms with Gasteiger partial charge >= 0.3 is 0 Å². The highest BCUT2D eigenvalue weighted by Crippen LogP contribution is 2.27. The number of aromatic amines is 1. The number of hydrogen-bond acceptors (Lipinski definition) is 4. The summed E-state index contributed by atoms with van der Waals surface area (Å²) in [6, 6.07) is 19.7. The van der Waals surface area contributed by atoms with E-state index >= 15 is 0 Å². The van der Waals surface area contributed by atoms with Crippen molar-refractivity contribution in [1.82, 2.24) is 9.97 Å². The number of imidazole rings is 1. The first-order valence-electron chi connectivity index (χ1n) is 7.53. The maximum atomic E-state index is 9.72. The molecule has 0 fully saturated rings. The Kier molecular flexibility index (Phi) is 5.09. The molecule has 0 spiro atoms. The molecule has 118 valence electrons. The molecule has 5 heteroatoms. The van der Waals surface area contributed by atoms with Crippen molar-refractivity contribution in [3.05, 3.63) is 73.1 Å². The second kappa shape index (κ2) is 7.62. The van der Waals surface area contributed by atoms with E-state index in [4.69, 9.17) is 0 Å². The Balaban J connectivity index is 2.01. The molecule has 0 bridgehead atoms. The van der Waals surface area contributed by atoms with Crippen molar-refractivity contribution in [2.24, 2.45) is 4.99 Å². The molecule has 0 aliphatic carbocycles. The number of nitriles is 1. The summed E-state index contributed by atoms with van der Waals surface area (Å²) in [6.07, 6.45) is 1.80. The number of nitrogens with zero attached hydrogens (tertiary/aromatic N) is 3. The molecule has 4 nitrogen and oxygen atoms in total. The number of H-pyrrole nitrogens is 1. The first-order valence-corrected chi connectivity index (χ1v) is 8.52. The fraction of sp³-hybridized carbons (Fsp3) is 0.105. The average Bonchev–Trinajstić information content (AvgIpc) is 3.04. The van der Waals surface area contributed by atoms with Crippen LogP contribution in [0.2, 0.25) is 0 Å². The first-order chi connectivity index (χ1) is 11.8. The Labute approximate surface area is 145 Å². The van der Waals surface area contributed by atoms with E-state index in [2.05, 4.69) is 27.6 Å². The Morgan fingerprint density at radius 2 is 2.00 bits per heavy atom. The van der Waals surface area contributed by atoms with Gasteiger partial charge in [0.25, 0.3) is 0 Å². The third kappa shape index (κ3) is 3.55. The predicted molar refractivity (Wildman–Crippen MR) is 101 cm³/mol. The summed E-state index contributed by atoms with van der Waals surface area (Å²) in [7, 11) is 0. The van der Waals surface area contributed by atoms with Gasteiger partial charge in [-0.3, -0.25) is 0 Å². The van der Waals surface area contributed by atoms with E-state index in [1.807, 2.05) is 54.6 Å². The van der Waals surface area contributed by atoms with E-state index in [0.717, 1.165) is 16.7 Å². The van der Waals surface area contributed by atoms with Crippen LogP contribution in [-0.4, -0.2) is 20.8 Å². The van der Waals surface area contributed by atoms with Crippen LogP contribution in [0, 0.1) is 11.3 Å². The van der Waals surface area contributed by atoms with Crippen LogP contribution in [0.4, 0.5) is 5.69 Å². The van der Waals surface area contributed by atoms with Crippen LogP contribution in [0.3, 0.4) is 0 Å². The molecule has 0 radical (unpaired) electrons. The summed E-state index contributed by atoms with van der Waals surface area (Å²) in [6.45, 7) is 3.75. The zero-order valence-electron chi connectivity index (χ0n) is 13.0. The molecule has 1 N–H and O–H groups in total.